The van der Waals surface area contributed by atoms with Gasteiger partial charge in [-0.15, -0.1) is 0 Å². The Hall–Kier alpha value is -5.34. The highest BCUT2D eigenvalue weighted by Gasteiger charge is 2.15. The lowest BCUT2D eigenvalue weighted by molar-refractivity contribution is 0.794. The normalized spacial score (nSPS) is 11.5. The smallest absolute Gasteiger partial charge is 0.0541 e. The van der Waals surface area contributed by atoms with E-state index in [0.29, 0.717) is 0 Å². The lowest BCUT2D eigenvalue weighted by atomic mass is 10.0. The Kier molecular flexibility index (Phi) is 8.04. The molecule has 2 heteroatoms. The van der Waals surface area contributed by atoms with E-state index in [1.54, 1.807) is 0 Å². The summed E-state index contributed by atoms with van der Waals surface area (Å²) in [6, 6.07) is 52.6. The summed E-state index contributed by atoms with van der Waals surface area (Å²) >= 11 is 0. The Morgan fingerprint density at radius 3 is 1.76 bits per heavy atom. The van der Waals surface area contributed by atoms with Crippen molar-refractivity contribution in [2.45, 2.75) is 33.1 Å². The van der Waals surface area contributed by atoms with Crippen LogP contribution in [-0.4, -0.2) is 4.57 Å². The van der Waals surface area contributed by atoms with Crippen LogP contribution < -0.4 is 4.90 Å². The van der Waals surface area contributed by atoms with Crippen molar-refractivity contribution in [1.29, 1.82) is 0 Å². The topological polar surface area (TPSA) is 8.17 Å². The van der Waals surface area contributed by atoms with E-state index in [1.807, 2.05) is 0 Å². The van der Waals surface area contributed by atoms with E-state index in [2.05, 4.69) is 181 Å². The molecule has 0 unspecified atom stereocenters. The first kappa shape index (κ1) is 28.4. The van der Waals surface area contributed by atoms with E-state index >= 15 is 0 Å². The van der Waals surface area contributed by atoms with Gasteiger partial charge >= 0.3 is 0 Å². The first-order chi connectivity index (χ1) is 22.2. The van der Waals surface area contributed by atoms with Crippen LogP contribution in [0.4, 0.5) is 17.1 Å². The molecular formula is C43H38N2. The average molecular weight is 583 g/mol. The molecule has 0 aliphatic heterocycles. The highest BCUT2D eigenvalue weighted by Crippen LogP contribution is 2.37. The zero-order valence-electron chi connectivity index (χ0n) is 26.0. The molecular weight excluding hydrogens is 544 g/mol. The van der Waals surface area contributed by atoms with Crippen molar-refractivity contribution in [2.75, 3.05) is 4.90 Å². The molecule has 0 amide bonds. The second kappa shape index (κ2) is 12.7. The summed E-state index contributed by atoms with van der Waals surface area (Å²) in [5, 5.41) is 2.55. The molecule has 0 radical (unpaired) electrons. The first-order valence-electron chi connectivity index (χ1n) is 16.0. The van der Waals surface area contributed by atoms with Gasteiger partial charge < -0.3 is 9.47 Å². The molecule has 0 spiro atoms. The highest BCUT2D eigenvalue weighted by atomic mass is 15.1. The second-order valence-electron chi connectivity index (χ2n) is 11.8. The van der Waals surface area contributed by atoms with Gasteiger partial charge in [0.1, 0.15) is 0 Å². The molecule has 220 valence electrons. The molecule has 0 bridgehead atoms. The Balaban J connectivity index is 1.20. The molecule has 0 N–H and O–H groups in total. The van der Waals surface area contributed by atoms with Crippen LogP contribution in [0.2, 0.25) is 0 Å². The number of anilines is 3. The van der Waals surface area contributed by atoms with Crippen LogP contribution in [-0.2, 0) is 6.42 Å². The van der Waals surface area contributed by atoms with Crippen LogP contribution in [0, 0.1) is 6.92 Å². The maximum atomic E-state index is 2.36. The average Bonchev–Trinajstić information content (AvgIpc) is 3.42. The van der Waals surface area contributed by atoms with Crippen LogP contribution in [0.3, 0.4) is 0 Å². The Morgan fingerprint density at radius 2 is 1.11 bits per heavy atom. The highest BCUT2D eigenvalue weighted by molar-refractivity contribution is 6.09. The number of nitrogens with zero attached hydrogens (tertiary/aromatic N) is 2. The van der Waals surface area contributed by atoms with Gasteiger partial charge in [-0.25, -0.2) is 0 Å². The Bertz CT molecular complexity index is 2030. The van der Waals surface area contributed by atoms with Gasteiger partial charge in [0.05, 0.1) is 11.0 Å². The third-order valence-electron chi connectivity index (χ3n) is 8.56. The molecule has 6 aromatic carbocycles. The predicted octanol–water partition coefficient (Wildman–Crippen LogP) is 12.1. The van der Waals surface area contributed by atoms with Crippen LogP contribution in [0.1, 0.15) is 42.0 Å². The molecule has 7 aromatic rings. The van der Waals surface area contributed by atoms with Crippen molar-refractivity contribution in [3.8, 4) is 5.69 Å². The van der Waals surface area contributed by atoms with Crippen molar-refractivity contribution in [3.63, 3.8) is 0 Å². The third-order valence-corrected chi connectivity index (χ3v) is 8.56. The molecule has 45 heavy (non-hydrogen) atoms. The minimum absolute atomic E-state index is 1.12. The van der Waals surface area contributed by atoms with E-state index in [1.165, 1.54) is 56.9 Å². The van der Waals surface area contributed by atoms with Gasteiger partial charge in [0.15, 0.2) is 0 Å². The van der Waals surface area contributed by atoms with Crippen molar-refractivity contribution in [3.05, 3.63) is 168 Å². The van der Waals surface area contributed by atoms with Crippen molar-refractivity contribution in [1.82, 2.24) is 4.57 Å². The maximum absolute atomic E-state index is 2.36. The summed E-state index contributed by atoms with van der Waals surface area (Å²) in [5.41, 5.74) is 12.2. The summed E-state index contributed by atoms with van der Waals surface area (Å²) in [6.45, 7) is 4.44. The maximum Gasteiger partial charge on any atom is 0.0541 e. The molecule has 0 saturated carbocycles. The number of hydrogen-bond acceptors (Lipinski definition) is 1. The second-order valence-corrected chi connectivity index (χ2v) is 11.8. The number of aryl methyl sites for hydroxylation is 2. The number of benzene rings is 6. The quantitative estimate of drug-likeness (QED) is 0.154. The predicted molar refractivity (Wildman–Crippen MR) is 194 cm³/mol. The Labute approximate surface area is 266 Å². The minimum atomic E-state index is 1.12. The zero-order valence-corrected chi connectivity index (χ0v) is 26.0. The van der Waals surface area contributed by atoms with Crippen molar-refractivity contribution >= 4 is 51.0 Å². The van der Waals surface area contributed by atoms with E-state index in [9.17, 15) is 0 Å². The fraction of sp³-hybridized carbons (Fsp3) is 0.116. The number of aromatic nitrogens is 1. The summed E-state index contributed by atoms with van der Waals surface area (Å²) in [5.74, 6) is 0. The molecule has 2 nitrogen and oxygen atoms in total. The fourth-order valence-electron chi connectivity index (χ4n) is 6.42. The van der Waals surface area contributed by atoms with Crippen LogP contribution in [0.25, 0.3) is 39.6 Å². The number of para-hydroxylation sites is 3. The summed E-state index contributed by atoms with van der Waals surface area (Å²) in [4.78, 5) is 2.32. The summed E-state index contributed by atoms with van der Waals surface area (Å²) in [7, 11) is 0. The van der Waals surface area contributed by atoms with Gasteiger partial charge in [0.25, 0.3) is 0 Å². The van der Waals surface area contributed by atoms with E-state index < -0.39 is 0 Å². The number of hydrogen-bond donors (Lipinski definition) is 0. The first-order valence-corrected chi connectivity index (χ1v) is 16.0. The number of fused-ring (bicyclic) bond motifs is 3. The number of unbranched alkanes of at least 4 members (excludes halogenated alkanes) is 1. The molecule has 0 atom stereocenters. The molecule has 1 aromatic heterocycles. The van der Waals surface area contributed by atoms with Crippen molar-refractivity contribution < 1.29 is 0 Å². The van der Waals surface area contributed by atoms with E-state index in [-0.39, 0.29) is 0 Å². The molecule has 0 fully saturated rings. The molecule has 0 saturated heterocycles. The Morgan fingerprint density at radius 1 is 0.556 bits per heavy atom. The molecule has 1 heterocycles. The van der Waals surface area contributed by atoms with Crippen molar-refractivity contribution in [2.24, 2.45) is 0 Å². The number of rotatable bonds is 9. The monoisotopic (exact) mass is 582 g/mol. The van der Waals surface area contributed by atoms with Crippen LogP contribution in [0.5, 0.6) is 0 Å². The summed E-state index contributed by atoms with van der Waals surface area (Å²) in [6.07, 6.45) is 8.05. The van der Waals surface area contributed by atoms with Crippen LogP contribution >= 0.6 is 0 Å². The SMILES string of the molecule is CCCCc1cc(C)cc(/C=C/c2ccc(N(c3ccccc3)c3ccc(-n4c5ccccc5c5ccccc54)cc3)cc2)c1. The fourth-order valence-corrected chi connectivity index (χ4v) is 6.42. The van der Waals surface area contributed by atoms with Gasteiger partial charge in [-0.05, 0) is 97.1 Å². The standard InChI is InChI=1S/C43H38N2/c1-3-4-12-34-29-32(2)30-35(31-34)20-19-33-21-23-37(24-22-33)44(36-13-6-5-7-14-36)38-25-27-39(28-26-38)45-42-17-10-8-15-40(42)41-16-9-11-18-43(41)45/h5-11,13-31H,3-4,12H2,1-2H3/b20-19+. The van der Waals surface area contributed by atoms with Gasteiger partial charge in [-0.3, -0.25) is 0 Å². The van der Waals surface area contributed by atoms with Crippen LogP contribution in [0.15, 0.2) is 146 Å². The molecule has 0 aliphatic rings. The largest absolute Gasteiger partial charge is 0.311 e. The van der Waals surface area contributed by atoms with Gasteiger partial charge in [-0.2, -0.15) is 0 Å². The third kappa shape index (κ3) is 5.92. The lowest BCUT2D eigenvalue weighted by Crippen LogP contribution is -2.10. The van der Waals surface area contributed by atoms with Gasteiger partial charge in [-0.1, -0.05) is 116 Å². The molecule has 7 rings (SSSR count). The van der Waals surface area contributed by atoms with Gasteiger partial charge in [0.2, 0.25) is 0 Å². The zero-order chi connectivity index (χ0) is 30.6. The van der Waals surface area contributed by atoms with E-state index in [4.69, 9.17) is 0 Å². The lowest BCUT2D eigenvalue weighted by Gasteiger charge is -2.26. The minimum Gasteiger partial charge on any atom is -0.311 e. The summed E-state index contributed by atoms with van der Waals surface area (Å²) < 4.78 is 2.36. The van der Waals surface area contributed by atoms with E-state index in [0.717, 1.165) is 29.2 Å². The van der Waals surface area contributed by atoms with Gasteiger partial charge in [0, 0.05) is 33.5 Å². The molecule has 0 aliphatic carbocycles.